The zero-order chi connectivity index (χ0) is 15.4. The topological polar surface area (TPSA) is 53.5 Å². The maximum absolute atomic E-state index is 13.6. The van der Waals surface area contributed by atoms with Crippen molar-refractivity contribution in [1.29, 1.82) is 0 Å². The quantitative estimate of drug-likeness (QED) is 0.915. The van der Waals surface area contributed by atoms with Crippen LogP contribution >= 0.6 is 0 Å². The minimum absolute atomic E-state index is 0.0323. The Bertz CT molecular complexity index is 710. The molecule has 0 saturated carbocycles. The Morgan fingerprint density at radius 1 is 1.14 bits per heavy atom. The van der Waals surface area contributed by atoms with Gasteiger partial charge in [-0.2, -0.15) is 0 Å². The van der Waals surface area contributed by atoms with E-state index in [1.807, 2.05) is 12.1 Å². The van der Waals surface area contributed by atoms with Crippen molar-refractivity contribution in [1.82, 2.24) is 5.32 Å². The zero-order valence-electron chi connectivity index (χ0n) is 12.0. The smallest absolute Gasteiger partial charge is 0.258 e. The van der Waals surface area contributed by atoms with E-state index in [1.54, 1.807) is 24.3 Å². The van der Waals surface area contributed by atoms with Crippen LogP contribution in [0.1, 0.15) is 22.3 Å². The molecule has 2 aromatic rings. The fourth-order valence-electron chi connectivity index (χ4n) is 2.28. The fraction of sp³-hybridized carbons (Fsp3) is 0.176. The highest BCUT2D eigenvalue weighted by molar-refractivity contribution is 6.05. The number of halogens is 1. The SMILES string of the molecule is O=C(Nc1ccc(C2=NCCCN2)cc1)c1ccccc1F. The van der Waals surface area contributed by atoms with Crippen molar-refractivity contribution in [2.75, 3.05) is 18.4 Å². The Labute approximate surface area is 128 Å². The van der Waals surface area contributed by atoms with Crippen molar-refractivity contribution in [2.45, 2.75) is 6.42 Å². The highest BCUT2D eigenvalue weighted by atomic mass is 19.1. The number of hydrogen-bond donors (Lipinski definition) is 2. The normalized spacial score (nSPS) is 14.0. The average Bonchev–Trinajstić information content (AvgIpc) is 2.57. The summed E-state index contributed by atoms with van der Waals surface area (Å²) in [7, 11) is 0. The molecule has 0 aromatic heterocycles. The second-order valence-corrected chi connectivity index (χ2v) is 5.02. The molecule has 0 radical (unpaired) electrons. The summed E-state index contributed by atoms with van der Waals surface area (Å²) in [5.41, 5.74) is 1.63. The molecule has 0 bridgehead atoms. The van der Waals surface area contributed by atoms with E-state index in [0.717, 1.165) is 30.9 Å². The van der Waals surface area contributed by atoms with Crippen LogP contribution in [0.4, 0.5) is 10.1 Å². The Balaban J connectivity index is 1.72. The van der Waals surface area contributed by atoms with Gasteiger partial charge >= 0.3 is 0 Å². The van der Waals surface area contributed by atoms with E-state index in [2.05, 4.69) is 15.6 Å². The van der Waals surface area contributed by atoms with Gasteiger partial charge in [0.05, 0.1) is 5.56 Å². The molecule has 1 aliphatic heterocycles. The van der Waals surface area contributed by atoms with Crippen molar-refractivity contribution < 1.29 is 9.18 Å². The number of carbonyl (C=O) groups excluding carboxylic acids is 1. The summed E-state index contributed by atoms with van der Waals surface area (Å²) in [6, 6.07) is 13.2. The Morgan fingerprint density at radius 3 is 2.59 bits per heavy atom. The number of carbonyl (C=O) groups is 1. The van der Waals surface area contributed by atoms with Crippen molar-refractivity contribution >= 4 is 17.4 Å². The Morgan fingerprint density at radius 2 is 1.91 bits per heavy atom. The molecule has 1 amide bonds. The lowest BCUT2D eigenvalue weighted by Crippen LogP contribution is -2.30. The van der Waals surface area contributed by atoms with Crippen molar-refractivity contribution in [3.8, 4) is 0 Å². The van der Waals surface area contributed by atoms with Crippen molar-refractivity contribution in [3.63, 3.8) is 0 Å². The maximum atomic E-state index is 13.6. The predicted octanol–water partition coefficient (Wildman–Crippen LogP) is 2.82. The largest absolute Gasteiger partial charge is 0.370 e. The van der Waals surface area contributed by atoms with Gasteiger partial charge in [-0.1, -0.05) is 12.1 Å². The lowest BCUT2D eigenvalue weighted by atomic mass is 10.1. The molecule has 2 N–H and O–H groups in total. The molecule has 1 heterocycles. The van der Waals surface area contributed by atoms with E-state index in [9.17, 15) is 9.18 Å². The van der Waals surface area contributed by atoms with Gasteiger partial charge in [-0.05, 0) is 42.8 Å². The first-order chi connectivity index (χ1) is 10.7. The van der Waals surface area contributed by atoms with Crippen LogP contribution in [0.5, 0.6) is 0 Å². The van der Waals surface area contributed by atoms with E-state index in [0.29, 0.717) is 5.69 Å². The summed E-state index contributed by atoms with van der Waals surface area (Å²) in [6.07, 6.45) is 1.04. The van der Waals surface area contributed by atoms with Gasteiger partial charge < -0.3 is 10.6 Å². The van der Waals surface area contributed by atoms with Crippen LogP contribution in [0, 0.1) is 5.82 Å². The van der Waals surface area contributed by atoms with Crippen LogP contribution in [-0.4, -0.2) is 24.8 Å². The van der Waals surface area contributed by atoms with Crippen LogP contribution in [0.2, 0.25) is 0 Å². The monoisotopic (exact) mass is 297 g/mol. The minimum Gasteiger partial charge on any atom is -0.370 e. The first kappa shape index (κ1) is 14.3. The predicted molar refractivity (Wildman–Crippen MR) is 84.8 cm³/mol. The Hall–Kier alpha value is -2.69. The molecule has 5 heteroatoms. The molecule has 0 spiro atoms. The highest BCUT2D eigenvalue weighted by Gasteiger charge is 2.11. The van der Waals surface area contributed by atoms with Crippen LogP contribution < -0.4 is 10.6 Å². The minimum atomic E-state index is -0.530. The molecular weight excluding hydrogens is 281 g/mol. The fourth-order valence-corrected chi connectivity index (χ4v) is 2.28. The third-order valence-electron chi connectivity index (χ3n) is 3.43. The maximum Gasteiger partial charge on any atom is 0.258 e. The number of amides is 1. The number of rotatable bonds is 3. The second-order valence-electron chi connectivity index (χ2n) is 5.02. The van der Waals surface area contributed by atoms with Crippen molar-refractivity contribution in [3.05, 3.63) is 65.5 Å². The molecule has 0 aliphatic carbocycles. The number of benzene rings is 2. The van der Waals surface area contributed by atoms with E-state index in [-0.39, 0.29) is 5.56 Å². The van der Waals surface area contributed by atoms with E-state index >= 15 is 0 Å². The number of nitrogens with one attached hydrogen (secondary N) is 2. The molecular formula is C17H16FN3O. The summed E-state index contributed by atoms with van der Waals surface area (Å²) < 4.78 is 13.6. The van der Waals surface area contributed by atoms with Crippen LogP contribution in [0.15, 0.2) is 53.5 Å². The summed E-state index contributed by atoms with van der Waals surface area (Å²) in [5, 5.41) is 5.93. The summed E-state index contributed by atoms with van der Waals surface area (Å²) in [6.45, 7) is 1.75. The molecule has 112 valence electrons. The van der Waals surface area contributed by atoms with Gasteiger partial charge in [0.25, 0.3) is 5.91 Å². The van der Waals surface area contributed by atoms with Gasteiger partial charge in [-0.25, -0.2) is 4.39 Å². The van der Waals surface area contributed by atoms with Gasteiger partial charge in [0.15, 0.2) is 0 Å². The lowest BCUT2D eigenvalue weighted by Gasteiger charge is -2.15. The molecule has 22 heavy (non-hydrogen) atoms. The molecule has 3 rings (SSSR count). The Kier molecular flexibility index (Phi) is 4.14. The van der Waals surface area contributed by atoms with Gasteiger partial charge in [0.1, 0.15) is 11.7 Å². The second kappa shape index (κ2) is 6.39. The molecule has 0 atom stereocenters. The average molecular weight is 297 g/mol. The number of nitrogens with zero attached hydrogens (tertiary/aromatic N) is 1. The van der Waals surface area contributed by atoms with E-state index < -0.39 is 11.7 Å². The number of hydrogen-bond acceptors (Lipinski definition) is 3. The van der Waals surface area contributed by atoms with E-state index in [1.165, 1.54) is 12.1 Å². The van der Waals surface area contributed by atoms with Gasteiger partial charge in [-0.15, -0.1) is 0 Å². The standard InChI is InChI=1S/C17H16FN3O/c18-15-5-2-1-4-14(15)17(22)21-13-8-6-12(7-9-13)16-19-10-3-11-20-16/h1-2,4-9H,3,10-11H2,(H,19,20)(H,21,22). The first-order valence-corrected chi connectivity index (χ1v) is 7.19. The summed E-state index contributed by atoms with van der Waals surface area (Å²) in [4.78, 5) is 16.5. The molecule has 0 fully saturated rings. The van der Waals surface area contributed by atoms with Gasteiger partial charge in [0.2, 0.25) is 0 Å². The summed E-state index contributed by atoms with van der Waals surface area (Å²) >= 11 is 0. The third kappa shape index (κ3) is 3.14. The van der Waals surface area contributed by atoms with Crippen LogP contribution in [-0.2, 0) is 0 Å². The highest BCUT2D eigenvalue weighted by Crippen LogP contribution is 2.14. The van der Waals surface area contributed by atoms with Crippen LogP contribution in [0.3, 0.4) is 0 Å². The number of aliphatic imine (C=N–C) groups is 1. The molecule has 1 aliphatic rings. The molecule has 0 saturated heterocycles. The first-order valence-electron chi connectivity index (χ1n) is 7.19. The van der Waals surface area contributed by atoms with Gasteiger partial charge in [-0.3, -0.25) is 9.79 Å². The molecule has 2 aromatic carbocycles. The van der Waals surface area contributed by atoms with Crippen molar-refractivity contribution in [2.24, 2.45) is 4.99 Å². The zero-order valence-corrected chi connectivity index (χ0v) is 12.0. The van der Waals surface area contributed by atoms with E-state index in [4.69, 9.17) is 0 Å². The number of amidine groups is 1. The molecule has 4 nitrogen and oxygen atoms in total. The van der Waals surface area contributed by atoms with Gasteiger partial charge in [0, 0.05) is 24.3 Å². The lowest BCUT2D eigenvalue weighted by molar-refractivity contribution is 0.102. The van der Waals surface area contributed by atoms with Crippen LogP contribution in [0.25, 0.3) is 0 Å². The number of anilines is 1. The molecule has 0 unspecified atom stereocenters. The summed E-state index contributed by atoms with van der Waals surface area (Å²) in [5.74, 6) is -0.116. The third-order valence-corrected chi connectivity index (χ3v) is 3.43.